The zero-order valence-corrected chi connectivity index (χ0v) is 10.9. The van der Waals surface area contributed by atoms with Gasteiger partial charge in [0.15, 0.2) is 0 Å². The van der Waals surface area contributed by atoms with E-state index in [1.54, 1.807) is 18.2 Å². The second kappa shape index (κ2) is 6.95. The summed E-state index contributed by atoms with van der Waals surface area (Å²) in [6, 6.07) is 7.23. The van der Waals surface area contributed by atoms with Gasteiger partial charge in [-0.25, -0.2) is 0 Å². The zero-order chi connectivity index (χ0) is 13.5. The van der Waals surface area contributed by atoms with E-state index in [0.29, 0.717) is 24.5 Å². The summed E-state index contributed by atoms with van der Waals surface area (Å²) in [4.78, 5) is 12.0. The van der Waals surface area contributed by atoms with Crippen LogP contribution in [0.25, 0.3) is 0 Å². The first-order valence-electron chi connectivity index (χ1n) is 6.54. The summed E-state index contributed by atoms with van der Waals surface area (Å²) in [5.74, 6) is 0.447. The maximum Gasteiger partial charge on any atom is 0.255 e. The fourth-order valence-electron chi connectivity index (χ4n) is 2.00. The lowest BCUT2D eigenvalue weighted by molar-refractivity contribution is 0.0671. The highest BCUT2D eigenvalue weighted by molar-refractivity contribution is 5.96. The number of hydrogen-bond acceptors (Lipinski definition) is 3. The van der Waals surface area contributed by atoms with E-state index in [4.69, 9.17) is 9.47 Å². The van der Waals surface area contributed by atoms with Crippen molar-refractivity contribution in [3.05, 3.63) is 42.5 Å². The molecule has 1 aliphatic heterocycles. The molecule has 1 aromatic carbocycles. The molecule has 1 amide bonds. The van der Waals surface area contributed by atoms with E-state index in [1.165, 1.54) is 0 Å². The van der Waals surface area contributed by atoms with Gasteiger partial charge < -0.3 is 14.8 Å². The minimum Gasteiger partial charge on any atom is -0.490 e. The normalized spacial score (nSPS) is 18.0. The van der Waals surface area contributed by atoms with Crippen molar-refractivity contribution >= 4 is 5.91 Å². The van der Waals surface area contributed by atoms with Gasteiger partial charge in [0.25, 0.3) is 5.91 Å². The molecule has 1 fully saturated rings. The Morgan fingerprint density at radius 3 is 3.11 bits per heavy atom. The Hall–Kier alpha value is -1.81. The topological polar surface area (TPSA) is 47.6 Å². The summed E-state index contributed by atoms with van der Waals surface area (Å²) < 4.78 is 11.2. The Labute approximate surface area is 113 Å². The van der Waals surface area contributed by atoms with Crippen molar-refractivity contribution in [2.75, 3.05) is 19.8 Å². The molecule has 1 aliphatic rings. The molecular formula is C15H19NO3. The molecule has 1 heterocycles. The Morgan fingerprint density at radius 2 is 2.37 bits per heavy atom. The second-order valence-corrected chi connectivity index (χ2v) is 4.44. The number of nitrogens with one attached hydrogen (secondary N) is 1. The molecule has 1 unspecified atom stereocenters. The number of para-hydroxylation sites is 1. The maximum absolute atomic E-state index is 12.0. The molecule has 0 aliphatic carbocycles. The van der Waals surface area contributed by atoms with Crippen LogP contribution in [0.2, 0.25) is 0 Å². The smallest absolute Gasteiger partial charge is 0.255 e. The molecule has 0 spiro atoms. The van der Waals surface area contributed by atoms with Crippen LogP contribution in [0, 0.1) is 0 Å². The number of carbonyl (C=O) groups excluding carboxylic acids is 1. The lowest BCUT2D eigenvalue weighted by Crippen LogP contribution is -2.24. The first kappa shape index (κ1) is 13.6. The molecule has 2 rings (SSSR count). The Balaban J connectivity index is 1.98. The Morgan fingerprint density at radius 1 is 1.53 bits per heavy atom. The molecule has 0 bridgehead atoms. The number of carbonyl (C=O) groups is 1. The standard InChI is InChI=1S/C15H19NO3/c1-2-9-16-15(17)13-7-3-4-8-14(13)19-11-12-6-5-10-18-12/h2-4,7-8,12H,1,5-6,9-11H2,(H,16,17). The van der Waals surface area contributed by atoms with Crippen LogP contribution in [-0.4, -0.2) is 31.8 Å². The minimum atomic E-state index is -0.150. The van der Waals surface area contributed by atoms with E-state index < -0.39 is 0 Å². The average molecular weight is 261 g/mol. The summed E-state index contributed by atoms with van der Waals surface area (Å²) >= 11 is 0. The lowest BCUT2D eigenvalue weighted by Gasteiger charge is -2.14. The summed E-state index contributed by atoms with van der Waals surface area (Å²) in [6.45, 7) is 5.31. The summed E-state index contributed by atoms with van der Waals surface area (Å²) in [7, 11) is 0. The van der Waals surface area contributed by atoms with E-state index in [2.05, 4.69) is 11.9 Å². The predicted molar refractivity (Wildman–Crippen MR) is 73.4 cm³/mol. The van der Waals surface area contributed by atoms with Crippen LogP contribution >= 0.6 is 0 Å². The first-order valence-corrected chi connectivity index (χ1v) is 6.54. The van der Waals surface area contributed by atoms with Crippen molar-refractivity contribution in [3.8, 4) is 5.75 Å². The predicted octanol–water partition coefficient (Wildman–Crippen LogP) is 2.16. The second-order valence-electron chi connectivity index (χ2n) is 4.44. The van der Waals surface area contributed by atoms with Gasteiger partial charge in [-0.3, -0.25) is 4.79 Å². The van der Waals surface area contributed by atoms with Crippen LogP contribution in [0.15, 0.2) is 36.9 Å². The number of rotatable bonds is 6. The maximum atomic E-state index is 12.0. The zero-order valence-electron chi connectivity index (χ0n) is 10.9. The fourth-order valence-corrected chi connectivity index (χ4v) is 2.00. The largest absolute Gasteiger partial charge is 0.490 e. The van der Waals surface area contributed by atoms with E-state index >= 15 is 0 Å². The molecule has 19 heavy (non-hydrogen) atoms. The van der Waals surface area contributed by atoms with Crippen molar-refractivity contribution in [2.24, 2.45) is 0 Å². The molecule has 1 saturated heterocycles. The molecular weight excluding hydrogens is 242 g/mol. The van der Waals surface area contributed by atoms with Crippen LogP contribution < -0.4 is 10.1 Å². The molecule has 1 aromatic rings. The lowest BCUT2D eigenvalue weighted by atomic mass is 10.2. The Bertz CT molecular complexity index is 439. The van der Waals surface area contributed by atoms with E-state index in [9.17, 15) is 4.79 Å². The first-order chi connectivity index (χ1) is 9.31. The van der Waals surface area contributed by atoms with Crippen LogP contribution in [0.1, 0.15) is 23.2 Å². The monoisotopic (exact) mass is 261 g/mol. The average Bonchev–Trinajstić information content (AvgIpc) is 2.96. The summed E-state index contributed by atoms with van der Waals surface area (Å²) in [6.07, 6.45) is 3.89. The number of amides is 1. The molecule has 1 N–H and O–H groups in total. The highest BCUT2D eigenvalue weighted by Crippen LogP contribution is 2.20. The molecule has 4 nitrogen and oxygen atoms in total. The number of hydrogen-bond donors (Lipinski definition) is 1. The third kappa shape index (κ3) is 3.83. The van der Waals surface area contributed by atoms with Crippen molar-refractivity contribution in [1.29, 1.82) is 0 Å². The van der Waals surface area contributed by atoms with E-state index in [1.807, 2.05) is 12.1 Å². The molecule has 4 heteroatoms. The van der Waals surface area contributed by atoms with Crippen molar-refractivity contribution in [1.82, 2.24) is 5.32 Å². The minimum absolute atomic E-state index is 0.143. The molecule has 0 radical (unpaired) electrons. The molecule has 0 aromatic heterocycles. The fraction of sp³-hybridized carbons (Fsp3) is 0.400. The van der Waals surface area contributed by atoms with Gasteiger partial charge in [0, 0.05) is 13.2 Å². The van der Waals surface area contributed by atoms with Gasteiger partial charge >= 0.3 is 0 Å². The van der Waals surface area contributed by atoms with Gasteiger partial charge in [-0.2, -0.15) is 0 Å². The molecule has 1 atom stereocenters. The quantitative estimate of drug-likeness (QED) is 0.798. The van der Waals surface area contributed by atoms with Gasteiger partial charge in [0.1, 0.15) is 12.4 Å². The van der Waals surface area contributed by atoms with Crippen molar-refractivity contribution in [2.45, 2.75) is 18.9 Å². The van der Waals surface area contributed by atoms with Crippen LogP contribution in [0.3, 0.4) is 0 Å². The summed E-state index contributed by atoms with van der Waals surface area (Å²) in [5.41, 5.74) is 0.544. The Kier molecular flexibility index (Phi) is 4.98. The number of ether oxygens (including phenoxy) is 2. The SMILES string of the molecule is C=CCNC(=O)c1ccccc1OCC1CCCO1. The van der Waals surface area contributed by atoms with Gasteiger partial charge in [-0.15, -0.1) is 6.58 Å². The van der Waals surface area contributed by atoms with Crippen LogP contribution in [-0.2, 0) is 4.74 Å². The van der Waals surface area contributed by atoms with Crippen LogP contribution in [0.4, 0.5) is 0 Å². The highest BCUT2D eigenvalue weighted by atomic mass is 16.5. The van der Waals surface area contributed by atoms with Gasteiger partial charge in [-0.05, 0) is 25.0 Å². The van der Waals surface area contributed by atoms with E-state index in [0.717, 1.165) is 19.4 Å². The van der Waals surface area contributed by atoms with Gasteiger partial charge in [-0.1, -0.05) is 18.2 Å². The van der Waals surface area contributed by atoms with Crippen molar-refractivity contribution < 1.29 is 14.3 Å². The van der Waals surface area contributed by atoms with E-state index in [-0.39, 0.29) is 12.0 Å². The van der Waals surface area contributed by atoms with Crippen LogP contribution in [0.5, 0.6) is 5.75 Å². The summed E-state index contributed by atoms with van der Waals surface area (Å²) in [5, 5.41) is 2.75. The number of benzene rings is 1. The van der Waals surface area contributed by atoms with Gasteiger partial charge in [0.05, 0.1) is 11.7 Å². The highest BCUT2D eigenvalue weighted by Gasteiger charge is 2.18. The van der Waals surface area contributed by atoms with Crippen molar-refractivity contribution in [3.63, 3.8) is 0 Å². The van der Waals surface area contributed by atoms with Gasteiger partial charge in [0.2, 0.25) is 0 Å². The third-order valence-corrected chi connectivity index (χ3v) is 2.99. The molecule has 102 valence electrons. The molecule has 0 saturated carbocycles. The third-order valence-electron chi connectivity index (χ3n) is 2.99.